The van der Waals surface area contributed by atoms with E-state index in [4.69, 9.17) is 9.47 Å². The first-order valence-electron chi connectivity index (χ1n) is 16.6. The van der Waals surface area contributed by atoms with Gasteiger partial charge in [-0.3, -0.25) is 4.79 Å². The molecule has 0 radical (unpaired) electrons. The zero-order chi connectivity index (χ0) is 33.7. The summed E-state index contributed by atoms with van der Waals surface area (Å²) < 4.78 is 89.8. The molecule has 1 aliphatic rings. The molecule has 1 heterocycles. The summed E-state index contributed by atoms with van der Waals surface area (Å²) in [5, 5.41) is 0. The summed E-state index contributed by atoms with van der Waals surface area (Å²) in [6.07, 6.45) is 11.0. The highest BCUT2D eigenvalue weighted by Crippen LogP contribution is 2.62. The Bertz CT molecular complexity index is 903. The number of alkyl halides is 5. The first-order valence-corrected chi connectivity index (χ1v) is 16.6. The van der Waals surface area contributed by atoms with Crippen LogP contribution in [0.5, 0.6) is 0 Å². The highest BCUT2D eigenvalue weighted by Gasteiger charge is 2.87. The van der Waals surface area contributed by atoms with Gasteiger partial charge in [0, 0.05) is 17.4 Å². The second kappa shape index (κ2) is 17.8. The normalized spacial score (nSPS) is 24.6. The lowest BCUT2D eigenvalue weighted by Gasteiger charge is -2.59. The number of ether oxygens (including phenoxy) is 3. The SMILES string of the molecule is C=C(C)C(=O)OC1(C)C(C)(C)C(C)OC(OC(=O)CCCCCCCCCCCCCCCCCCC)(C(F)(F)F)C1(F)F. The van der Waals surface area contributed by atoms with Gasteiger partial charge in [-0.25, -0.2) is 4.79 Å². The van der Waals surface area contributed by atoms with Gasteiger partial charge >= 0.3 is 29.8 Å². The van der Waals surface area contributed by atoms with Crippen LogP contribution in [0.4, 0.5) is 22.0 Å². The highest BCUT2D eigenvalue weighted by atomic mass is 19.4. The maximum absolute atomic E-state index is 16.0. The average Bonchev–Trinajstić information content (AvgIpc) is 2.92. The lowest BCUT2D eigenvalue weighted by Crippen LogP contribution is -2.80. The number of carbonyl (C=O) groups excluding carboxylic acids is 2. The summed E-state index contributed by atoms with van der Waals surface area (Å²) in [5.74, 6) is -12.4. The van der Waals surface area contributed by atoms with Crippen LogP contribution in [0.1, 0.15) is 157 Å². The molecule has 0 bridgehead atoms. The summed E-state index contributed by atoms with van der Waals surface area (Å²) in [7, 11) is 0. The van der Waals surface area contributed by atoms with E-state index in [-0.39, 0.29) is 12.0 Å². The predicted octanol–water partition coefficient (Wildman–Crippen LogP) is 10.8. The van der Waals surface area contributed by atoms with Gasteiger partial charge in [0.05, 0.1) is 6.10 Å². The number of hydrogen-bond acceptors (Lipinski definition) is 5. The maximum Gasteiger partial charge on any atom is 0.462 e. The number of carbonyl (C=O) groups is 2. The quantitative estimate of drug-likeness (QED) is 0.0541. The molecule has 258 valence electrons. The minimum atomic E-state index is -5.83. The molecule has 3 unspecified atom stereocenters. The molecule has 1 rings (SSSR count). The van der Waals surface area contributed by atoms with Crippen molar-refractivity contribution in [1.82, 2.24) is 0 Å². The molecule has 1 saturated heterocycles. The second-order valence-corrected chi connectivity index (χ2v) is 13.3. The molecule has 0 aromatic rings. The highest BCUT2D eigenvalue weighted by molar-refractivity contribution is 5.87. The number of unbranched alkanes of at least 4 members (excludes halogenated alkanes) is 16. The Hall–Kier alpha value is -1.71. The Morgan fingerprint density at radius 1 is 0.750 bits per heavy atom. The first-order chi connectivity index (χ1) is 20.4. The van der Waals surface area contributed by atoms with Crippen LogP contribution in [0.2, 0.25) is 0 Å². The monoisotopic (exact) mass is 640 g/mol. The van der Waals surface area contributed by atoms with Crippen LogP contribution < -0.4 is 0 Å². The molecule has 0 aliphatic carbocycles. The van der Waals surface area contributed by atoms with E-state index in [1.807, 2.05) is 0 Å². The molecular formula is C34H57F5O5. The zero-order valence-electron chi connectivity index (χ0n) is 27.9. The molecule has 0 N–H and O–H groups in total. The van der Waals surface area contributed by atoms with E-state index in [2.05, 4.69) is 18.2 Å². The lowest BCUT2D eigenvalue weighted by molar-refractivity contribution is -0.496. The van der Waals surface area contributed by atoms with Gasteiger partial charge < -0.3 is 14.2 Å². The van der Waals surface area contributed by atoms with Crippen LogP contribution in [0.25, 0.3) is 0 Å². The van der Waals surface area contributed by atoms with E-state index in [1.54, 1.807) is 0 Å². The van der Waals surface area contributed by atoms with Crippen LogP contribution in [0.3, 0.4) is 0 Å². The topological polar surface area (TPSA) is 61.8 Å². The molecule has 0 spiro atoms. The van der Waals surface area contributed by atoms with Crippen molar-refractivity contribution in [2.45, 2.75) is 187 Å². The Kier molecular flexibility index (Phi) is 16.3. The zero-order valence-corrected chi connectivity index (χ0v) is 27.9. The molecule has 1 fully saturated rings. The third-order valence-electron chi connectivity index (χ3n) is 9.36. The van der Waals surface area contributed by atoms with Gasteiger partial charge in [-0.1, -0.05) is 130 Å². The largest absolute Gasteiger partial charge is 0.462 e. The van der Waals surface area contributed by atoms with Crippen LogP contribution in [0.15, 0.2) is 12.2 Å². The molecular weight excluding hydrogens is 583 g/mol. The van der Waals surface area contributed by atoms with Gasteiger partial charge in [0.25, 0.3) is 0 Å². The van der Waals surface area contributed by atoms with Crippen molar-refractivity contribution in [2.75, 3.05) is 0 Å². The van der Waals surface area contributed by atoms with E-state index in [0.717, 1.165) is 32.6 Å². The molecule has 10 heteroatoms. The predicted molar refractivity (Wildman–Crippen MR) is 162 cm³/mol. The van der Waals surface area contributed by atoms with Gasteiger partial charge in [-0.15, -0.1) is 0 Å². The van der Waals surface area contributed by atoms with Crippen molar-refractivity contribution in [3.05, 3.63) is 12.2 Å². The molecule has 0 aromatic carbocycles. The first kappa shape index (κ1) is 40.3. The number of hydrogen-bond donors (Lipinski definition) is 0. The summed E-state index contributed by atoms with van der Waals surface area (Å²) in [5.41, 5.74) is -5.14. The maximum atomic E-state index is 16.0. The minimum Gasteiger partial charge on any atom is -0.449 e. The van der Waals surface area contributed by atoms with Crippen molar-refractivity contribution in [3.63, 3.8) is 0 Å². The summed E-state index contributed by atoms with van der Waals surface area (Å²) >= 11 is 0. The fourth-order valence-corrected chi connectivity index (χ4v) is 5.64. The molecule has 1 aliphatic heterocycles. The van der Waals surface area contributed by atoms with E-state index >= 15 is 8.78 Å². The van der Waals surface area contributed by atoms with Crippen LogP contribution in [-0.2, 0) is 23.8 Å². The Morgan fingerprint density at radius 2 is 1.14 bits per heavy atom. The van der Waals surface area contributed by atoms with Crippen LogP contribution in [-0.4, -0.2) is 41.5 Å². The second-order valence-electron chi connectivity index (χ2n) is 13.3. The van der Waals surface area contributed by atoms with Gasteiger partial charge in [-0.2, -0.15) is 22.0 Å². The summed E-state index contributed by atoms with van der Waals surface area (Å²) in [6, 6.07) is 0. The third-order valence-corrected chi connectivity index (χ3v) is 9.36. The Labute approximate surface area is 262 Å². The van der Waals surface area contributed by atoms with Gasteiger partial charge in [0.15, 0.2) is 5.60 Å². The van der Waals surface area contributed by atoms with E-state index in [1.165, 1.54) is 91.4 Å². The summed E-state index contributed by atoms with van der Waals surface area (Å²) in [4.78, 5) is 24.8. The van der Waals surface area contributed by atoms with E-state index in [9.17, 15) is 22.8 Å². The number of esters is 2. The number of rotatable bonds is 21. The molecule has 5 nitrogen and oxygen atoms in total. The standard InChI is InChI=1S/C34H57F5O5/c1-8-9-10-11-12-13-14-15-16-17-18-19-20-21-22-23-24-25-28(40)43-33(34(37,38)39)32(35,36)31(7,44-29(41)26(2)3)30(5,6)27(4)42-33/h27H,2,8-25H2,1,3-7H3. The van der Waals surface area contributed by atoms with E-state index in [0.29, 0.717) is 13.3 Å². The van der Waals surface area contributed by atoms with Crippen molar-refractivity contribution < 1.29 is 45.8 Å². The third kappa shape index (κ3) is 10.1. The molecule has 0 aromatic heterocycles. The fourth-order valence-electron chi connectivity index (χ4n) is 5.64. The minimum absolute atomic E-state index is 0.194. The van der Waals surface area contributed by atoms with Gasteiger partial charge in [-0.05, 0) is 27.2 Å². The summed E-state index contributed by atoms with van der Waals surface area (Å²) in [6.45, 7) is 11.0. The van der Waals surface area contributed by atoms with Crippen molar-refractivity contribution >= 4 is 11.9 Å². The number of halogens is 5. The van der Waals surface area contributed by atoms with Crippen LogP contribution in [0, 0.1) is 5.41 Å². The fraction of sp³-hybridized carbons (Fsp3) is 0.882. The van der Waals surface area contributed by atoms with Crippen molar-refractivity contribution in [3.8, 4) is 0 Å². The molecule has 0 amide bonds. The van der Waals surface area contributed by atoms with Gasteiger partial charge in [0.1, 0.15) is 0 Å². The molecule has 3 atom stereocenters. The van der Waals surface area contributed by atoms with Crippen LogP contribution >= 0.6 is 0 Å². The van der Waals surface area contributed by atoms with Gasteiger partial charge in [0.2, 0.25) is 0 Å². The smallest absolute Gasteiger partial charge is 0.449 e. The molecule has 44 heavy (non-hydrogen) atoms. The van der Waals surface area contributed by atoms with E-state index < -0.39 is 53.4 Å². The van der Waals surface area contributed by atoms with Crippen molar-refractivity contribution in [1.29, 1.82) is 0 Å². The Balaban J connectivity index is 2.55. The Morgan fingerprint density at radius 3 is 1.50 bits per heavy atom. The average molecular weight is 641 g/mol. The van der Waals surface area contributed by atoms with Crippen molar-refractivity contribution in [2.24, 2.45) is 5.41 Å². The lowest BCUT2D eigenvalue weighted by atomic mass is 9.64. The molecule has 0 saturated carbocycles.